The second-order valence-electron chi connectivity index (χ2n) is 2.33. The maximum absolute atomic E-state index is 9.08. The molecule has 0 unspecified atom stereocenters. The Hall–Kier alpha value is -1.08. The average Bonchev–Trinajstić information content (AvgIpc) is 2.31. The Morgan fingerprint density at radius 1 is 1.54 bits per heavy atom. The van der Waals surface area contributed by atoms with E-state index >= 15 is 0 Å². The van der Waals surface area contributed by atoms with Crippen LogP contribution in [0.1, 0.15) is 0 Å². The van der Waals surface area contributed by atoms with Crippen molar-refractivity contribution in [3.8, 4) is 0 Å². The normalized spacial score (nSPS) is 10.2. The summed E-state index contributed by atoms with van der Waals surface area (Å²) in [5, 5.41) is 0. The Morgan fingerprint density at radius 2 is 2.00 bits per heavy atom. The standard InChI is InChI=1S/C5H9N2O.CH4O3S/c1-6-3-4-7(5-6)8-2;1-5(2,3)4/h3-5H,1-2H3;1H3,(H,2,3,4)/q+1;/p-1. The molecule has 0 N–H and O–H groups in total. The van der Waals surface area contributed by atoms with Gasteiger partial charge in [0, 0.05) is 6.26 Å². The van der Waals surface area contributed by atoms with Gasteiger partial charge in [0.15, 0.2) is 6.20 Å². The maximum atomic E-state index is 9.08. The minimum atomic E-state index is -3.92. The van der Waals surface area contributed by atoms with E-state index in [1.807, 2.05) is 30.3 Å². The molecule has 0 saturated heterocycles. The van der Waals surface area contributed by atoms with Gasteiger partial charge in [0.1, 0.15) is 13.3 Å². The van der Waals surface area contributed by atoms with Crippen molar-refractivity contribution >= 4 is 10.1 Å². The first-order valence-electron chi connectivity index (χ1n) is 3.31. The van der Waals surface area contributed by atoms with Gasteiger partial charge in [0.25, 0.3) is 6.33 Å². The van der Waals surface area contributed by atoms with E-state index in [9.17, 15) is 0 Å². The van der Waals surface area contributed by atoms with Crippen molar-refractivity contribution in [2.75, 3.05) is 13.4 Å². The van der Waals surface area contributed by atoms with Gasteiger partial charge in [-0.1, -0.05) is 4.73 Å². The molecular formula is C6H12N2O4S. The van der Waals surface area contributed by atoms with Crippen molar-refractivity contribution in [2.24, 2.45) is 7.05 Å². The van der Waals surface area contributed by atoms with Gasteiger partial charge in [-0.15, -0.1) is 0 Å². The number of aromatic nitrogens is 2. The fraction of sp³-hybridized carbons (Fsp3) is 0.500. The molecule has 0 fully saturated rings. The second kappa shape index (κ2) is 4.83. The molecule has 0 aliphatic rings. The van der Waals surface area contributed by atoms with E-state index < -0.39 is 10.1 Å². The van der Waals surface area contributed by atoms with Gasteiger partial charge in [-0.25, -0.2) is 13.0 Å². The summed E-state index contributed by atoms with van der Waals surface area (Å²) < 4.78 is 30.8. The van der Waals surface area contributed by atoms with Gasteiger partial charge in [-0.2, -0.15) is 0 Å². The molecular weight excluding hydrogens is 196 g/mol. The van der Waals surface area contributed by atoms with Crippen LogP contribution in [0.15, 0.2) is 18.7 Å². The first-order valence-corrected chi connectivity index (χ1v) is 5.13. The third-order valence-corrected chi connectivity index (χ3v) is 0.955. The summed E-state index contributed by atoms with van der Waals surface area (Å²) >= 11 is 0. The van der Waals surface area contributed by atoms with Gasteiger partial charge in [-0.05, 0) is 0 Å². The lowest BCUT2D eigenvalue weighted by atomic mass is 10.9. The van der Waals surface area contributed by atoms with Gasteiger partial charge < -0.3 is 9.39 Å². The summed E-state index contributed by atoms with van der Waals surface area (Å²) in [5.74, 6) is 0. The molecule has 7 heteroatoms. The van der Waals surface area contributed by atoms with Gasteiger partial charge in [-0.3, -0.25) is 0 Å². The molecule has 0 aliphatic heterocycles. The van der Waals surface area contributed by atoms with E-state index in [1.54, 1.807) is 11.8 Å². The Bertz CT molecular complexity index is 335. The lowest BCUT2D eigenvalue weighted by Crippen LogP contribution is -2.24. The monoisotopic (exact) mass is 208 g/mol. The predicted molar refractivity (Wildman–Crippen MR) is 43.7 cm³/mol. The van der Waals surface area contributed by atoms with E-state index in [2.05, 4.69) is 0 Å². The highest BCUT2D eigenvalue weighted by Gasteiger charge is 1.94. The van der Waals surface area contributed by atoms with Crippen LogP contribution < -0.4 is 9.40 Å². The topological polar surface area (TPSA) is 75.2 Å². The summed E-state index contributed by atoms with van der Waals surface area (Å²) in [4.78, 5) is 4.83. The van der Waals surface area contributed by atoms with Gasteiger partial charge in [0.2, 0.25) is 0 Å². The minimum absolute atomic E-state index is 0.604. The first-order chi connectivity index (χ1) is 5.83. The van der Waals surface area contributed by atoms with Crippen LogP contribution in [-0.2, 0) is 17.2 Å². The highest BCUT2D eigenvalue weighted by Crippen LogP contribution is 1.73. The van der Waals surface area contributed by atoms with E-state index in [0.29, 0.717) is 6.26 Å². The molecule has 76 valence electrons. The third-order valence-electron chi connectivity index (χ3n) is 0.955. The van der Waals surface area contributed by atoms with Crippen molar-refractivity contribution in [1.82, 2.24) is 4.73 Å². The van der Waals surface area contributed by atoms with Crippen LogP contribution >= 0.6 is 0 Å². The Kier molecular flexibility index (Phi) is 4.43. The summed E-state index contributed by atoms with van der Waals surface area (Å²) in [6.07, 6.45) is 6.18. The quantitative estimate of drug-likeness (QED) is 0.417. The molecule has 0 radical (unpaired) electrons. The molecule has 6 nitrogen and oxygen atoms in total. The largest absolute Gasteiger partial charge is 0.748 e. The molecule has 0 bridgehead atoms. The summed E-state index contributed by atoms with van der Waals surface area (Å²) in [6.45, 7) is 0. The molecule has 1 aromatic heterocycles. The summed E-state index contributed by atoms with van der Waals surface area (Å²) in [7, 11) is -0.352. The Morgan fingerprint density at radius 3 is 2.15 bits per heavy atom. The number of aryl methyl sites for hydroxylation is 1. The fourth-order valence-electron chi connectivity index (χ4n) is 0.535. The minimum Gasteiger partial charge on any atom is -0.748 e. The first kappa shape index (κ1) is 11.9. The zero-order valence-electron chi connectivity index (χ0n) is 7.67. The van der Waals surface area contributed by atoms with Crippen molar-refractivity contribution in [3.05, 3.63) is 18.7 Å². The van der Waals surface area contributed by atoms with Crippen LogP contribution in [0.4, 0.5) is 0 Å². The third kappa shape index (κ3) is 8.83. The van der Waals surface area contributed by atoms with Crippen molar-refractivity contribution < 1.29 is 22.4 Å². The van der Waals surface area contributed by atoms with Crippen LogP contribution in [0.3, 0.4) is 0 Å². The van der Waals surface area contributed by atoms with Crippen LogP contribution in [0, 0.1) is 0 Å². The molecule has 0 aliphatic carbocycles. The summed E-state index contributed by atoms with van der Waals surface area (Å²) in [5.41, 5.74) is 0. The Balaban J connectivity index is 0.000000252. The average molecular weight is 208 g/mol. The second-order valence-corrected chi connectivity index (χ2v) is 3.73. The van der Waals surface area contributed by atoms with Crippen LogP contribution in [0.2, 0.25) is 0 Å². The van der Waals surface area contributed by atoms with Crippen molar-refractivity contribution in [1.29, 1.82) is 0 Å². The SMILES string of the molecule is COn1cc[n+](C)c1.CS(=O)(=O)[O-]. The highest BCUT2D eigenvalue weighted by molar-refractivity contribution is 7.84. The lowest BCUT2D eigenvalue weighted by molar-refractivity contribution is -0.672. The predicted octanol–water partition coefficient (Wildman–Crippen LogP) is -1.47. The number of hydrogen-bond acceptors (Lipinski definition) is 4. The van der Waals surface area contributed by atoms with Crippen LogP contribution in [0.5, 0.6) is 0 Å². The maximum Gasteiger partial charge on any atom is 0.284 e. The van der Waals surface area contributed by atoms with Crippen molar-refractivity contribution in [2.45, 2.75) is 0 Å². The molecule has 13 heavy (non-hydrogen) atoms. The smallest absolute Gasteiger partial charge is 0.284 e. The number of nitrogens with zero attached hydrogens (tertiary/aromatic N) is 2. The fourth-order valence-corrected chi connectivity index (χ4v) is 0.535. The molecule has 0 amide bonds. The molecule has 0 atom stereocenters. The van der Waals surface area contributed by atoms with E-state index in [-0.39, 0.29) is 0 Å². The molecule has 0 aromatic carbocycles. The van der Waals surface area contributed by atoms with E-state index in [0.717, 1.165) is 0 Å². The lowest BCUT2D eigenvalue weighted by Gasteiger charge is -1.90. The van der Waals surface area contributed by atoms with Crippen LogP contribution in [-0.4, -0.2) is 31.1 Å². The Labute approximate surface area is 77.1 Å². The number of imidazole rings is 1. The molecule has 1 rings (SSSR count). The number of hydrogen-bond donors (Lipinski definition) is 0. The van der Waals surface area contributed by atoms with E-state index in [4.69, 9.17) is 17.8 Å². The van der Waals surface area contributed by atoms with Gasteiger partial charge in [0.05, 0.1) is 17.2 Å². The van der Waals surface area contributed by atoms with Crippen LogP contribution in [0.25, 0.3) is 0 Å². The molecule has 1 heterocycles. The molecule has 1 aromatic rings. The number of rotatable bonds is 1. The van der Waals surface area contributed by atoms with Crippen molar-refractivity contribution in [3.63, 3.8) is 0 Å². The van der Waals surface area contributed by atoms with Gasteiger partial charge >= 0.3 is 0 Å². The summed E-state index contributed by atoms with van der Waals surface area (Å²) in [6, 6.07) is 0. The molecule has 0 saturated carbocycles. The zero-order chi connectivity index (χ0) is 10.5. The zero-order valence-corrected chi connectivity index (χ0v) is 8.48. The van der Waals surface area contributed by atoms with E-state index in [1.165, 1.54) is 0 Å². The highest BCUT2D eigenvalue weighted by atomic mass is 32.2. The molecule has 0 spiro atoms.